The molecule has 0 atom stereocenters. The molecule has 0 aromatic carbocycles. The van der Waals surface area contributed by atoms with Crippen molar-refractivity contribution in [2.45, 2.75) is 26.4 Å². The van der Waals surface area contributed by atoms with E-state index in [-0.39, 0.29) is 49.7 Å². The van der Waals surface area contributed by atoms with Gasteiger partial charge in [-0.05, 0) is 20.8 Å². The molecule has 0 saturated heterocycles. The molecule has 0 N–H and O–H groups in total. The molecular weight excluding hydrogens is 319 g/mol. The van der Waals surface area contributed by atoms with Crippen LogP contribution in [0.1, 0.15) is 20.8 Å². The number of ether oxygens (including phenoxy) is 1. The molecule has 0 heterocycles. The molecule has 0 aromatic heterocycles. The average molecular weight is 328 g/mol. The molecule has 0 unspecified atom stereocenters. The Morgan fingerprint density at radius 3 is 1.75 bits per heavy atom. The molecule has 0 aliphatic rings. The van der Waals surface area contributed by atoms with E-state index in [1.54, 1.807) is 20.8 Å². The third kappa shape index (κ3) is 10.0. The van der Waals surface area contributed by atoms with Crippen LogP contribution in [-0.2, 0) is 9.53 Å². The molecule has 0 bridgehead atoms. The molecule has 0 saturated carbocycles. The van der Waals surface area contributed by atoms with E-state index in [0.29, 0.717) is 0 Å². The zero-order chi connectivity index (χ0) is 5.91. The maximum Gasteiger partial charge on any atom is 0.418 e. The van der Waals surface area contributed by atoms with E-state index in [9.17, 15) is 4.79 Å². The van der Waals surface area contributed by atoms with Crippen molar-refractivity contribution in [3.63, 3.8) is 0 Å². The first-order chi connectivity index (χ1) is 3.06. The van der Waals surface area contributed by atoms with Crippen molar-refractivity contribution in [3.8, 4) is 0 Å². The fourth-order valence-corrected chi connectivity index (χ4v) is 0.125. The van der Waals surface area contributed by atoms with Crippen molar-refractivity contribution in [2.24, 2.45) is 0 Å². The average Bonchev–Trinajstić information content (AvgIpc) is 1.30. The summed E-state index contributed by atoms with van der Waals surface area (Å²) in [4.78, 5) is 9.47. The molecule has 0 rings (SSSR count). The van der Waals surface area contributed by atoms with Crippen LogP contribution in [0.25, 0.3) is 0 Å². The van der Waals surface area contributed by atoms with Gasteiger partial charge in [0, 0.05) is 44.1 Å². The largest absolute Gasteiger partial charge is 0.452 e. The first-order valence-electron chi connectivity index (χ1n) is 2.11. The molecule has 0 spiro atoms. The molecule has 0 aliphatic carbocycles. The summed E-state index contributed by atoms with van der Waals surface area (Å²) < 4.78 is 4.42. The van der Waals surface area contributed by atoms with Gasteiger partial charge in [0.05, 0.1) is 0 Å². The third-order valence-electron chi connectivity index (χ3n) is 0.348. The maximum atomic E-state index is 9.47. The van der Waals surface area contributed by atoms with Crippen molar-refractivity contribution >= 4 is 6.47 Å². The van der Waals surface area contributed by atoms with Gasteiger partial charge < -0.3 is 4.74 Å². The predicted octanol–water partition coefficient (Wildman–Crippen LogP) is 0.869. The van der Waals surface area contributed by atoms with Crippen LogP contribution < -0.4 is 0 Å². The van der Waals surface area contributed by atoms with E-state index in [0.717, 1.165) is 0 Å². The van der Waals surface area contributed by atoms with Crippen LogP contribution in [0.5, 0.6) is 0 Å². The summed E-state index contributed by atoms with van der Waals surface area (Å²) in [6.45, 7) is 6.73. The van der Waals surface area contributed by atoms with Gasteiger partial charge in [0.25, 0.3) is 0 Å². The molecule has 2 nitrogen and oxygen atoms in total. The van der Waals surface area contributed by atoms with Crippen LogP contribution in [0, 0.1) is 44.1 Å². The van der Waals surface area contributed by atoms with E-state index in [2.05, 4.69) is 4.74 Å². The zero-order valence-electron chi connectivity index (χ0n) is 5.39. The Hall–Kier alpha value is 0.912. The molecule has 3 heteroatoms. The van der Waals surface area contributed by atoms with Crippen molar-refractivity contribution < 1.29 is 53.6 Å². The Morgan fingerprint density at radius 2 is 1.75 bits per heavy atom. The Kier molecular flexibility index (Phi) is 6.95. The summed E-state index contributed by atoms with van der Waals surface area (Å²) in [6, 6.07) is 0. The Bertz CT molecular complexity index is 65.3. The monoisotopic (exact) mass is 328 g/mol. The van der Waals surface area contributed by atoms with E-state index >= 15 is 0 Å². The van der Waals surface area contributed by atoms with E-state index in [1.165, 1.54) is 6.47 Å². The normalized spacial score (nSPS) is 9.38. The summed E-state index contributed by atoms with van der Waals surface area (Å²) in [5, 5.41) is 0. The van der Waals surface area contributed by atoms with Gasteiger partial charge in [0.1, 0.15) is 5.60 Å². The van der Waals surface area contributed by atoms with Gasteiger partial charge in [-0.1, -0.05) is 0 Å². The van der Waals surface area contributed by atoms with Crippen molar-refractivity contribution in [3.05, 3.63) is 0 Å². The van der Waals surface area contributed by atoms with Crippen LogP contribution in [0.4, 0.5) is 0 Å². The quantitative estimate of drug-likeness (QED) is 0.714. The molecule has 0 aliphatic heterocycles. The molecule has 8 heavy (non-hydrogen) atoms. The standard InChI is InChI=1S/C5H9O2.Ac/c1-5(2,3)7-4-6;/h1-3H3;. The maximum absolute atomic E-state index is 9.47. The zero-order valence-corrected chi connectivity index (χ0v) is 10.1. The molecule has 0 aromatic rings. The number of rotatable bonds is 1. The van der Waals surface area contributed by atoms with Gasteiger partial charge in [-0.3, -0.25) is 0 Å². The SMILES string of the molecule is CC(C)(C)O[C]=O.[Ac]. The van der Waals surface area contributed by atoms with Gasteiger partial charge in [0.15, 0.2) is 0 Å². The Morgan fingerprint density at radius 1 is 1.38 bits per heavy atom. The van der Waals surface area contributed by atoms with Crippen molar-refractivity contribution in [2.75, 3.05) is 0 Å². The van der Waals surface area contributed by atoms with Gasteiger partial charge in [-0.2, -0.15) is 0 Å². The van der Waals surface area contributed by atoms with Crippen LogP contribution in [0.2, 0.25) is 0 Å². The topological polar surface area (TPSA) is 26.3 Å². The first-order valence-corrected chi connectivity index (χ1v) is 2.11. The number of hydrogen-bond donors (Lipinski definition) is 0. The van der Waals surface area contributed by atoms with Crippen LogP contribution >= 0.6 is 0 Å². The summed E-state index contributed by atoms with van der Waals surface area (Å²) in [7, 11) is 0. The Labute approximate surface area is 85.5 Å². The van der Waals surface area contributed by atoms with Crippen molar-refractivity contribution in [1.82, 2.24) is 0 Å². The minimum Gasteiger partial charge on any atom is -0.452 e. The van der Waals surface area contributed by atoms with Gasteiger partial charge in [-0.15, -0.1) is 0 Å². The molecule has 0 amide bonds. The van der Waals surface area contributed by atoms with Crippen LogP contribution in [0.15, 0.2) is 0 Å². The smallest absolute Gasteiger partial charge is 0.418 e. The number of hydrogen-bond acceptors (Lipinski definition) is 2. The fraction of sp³-hybridized carbons (Fsp3) is 0.800. The molecule has 2 radical (unpaired) electrons. The van der Waals surface area contributed by atoms with Crippen LogP contribution in [0.3, 0.4) is 0 Å². The van der Waals surface area contributed by atoms with Gasteiger partial charge in [-0.25, -0.2) is 4.79 Å². The minimum absolute atomic E-state index is 0. The van der Waals surface area contributed by atoms with Crippen LogP contribution in [-0.4, -0.2) is 12.1 Å². The van der Waals surface area contributed by atoms with E-state index < -0.39 is 0 Å². The molecule has 44 valence electrons. The number of carbonyl (C=O) groups excluding carboxylic acids is 1. The van der Waals surface area contributed by atoms with E-state index in [1.807, 2.05) is 0 Å². The summed E-state index contributed by atoms with van der Waals surface area (Å²) in [5.74, 6) is 0. The summed E-state index contributed by atoms with van der Waals surface area (Å²) >= 11 is 0. The predicted molar refractivity (Wildman–Crippen MR) is 26.5 cm³/mol. The Balaban J connectivity index is 0. The first kappa shape index (κ1) is 11.7. The van der Waals surface area contributed by atoms with Gasteiger partial charge >= 0.3 is 6.47 Å². The molecule has 0 fully saturated rings. The minimum atomic E-state index is -0.373. The van der Waals surface area contributed by atoms with Gasteiger partial charge in [0.2, 0.25) is 0 Å². The van der Waals surface area contributed by atoms with Crippen molar-refractivity contribution in [1.29, 1.82) is 0 Å². The summed E-state index contributed by atoms with van der Waals surface area (Å²) in [5.41, 5.74) is -0.373. The second kappa shape index (κ2) is 4.76. The fourth-order valence-electron chi connectivity index (χ4n) is 0.125. The van der Waals surface area contributed by atoms with E-state index in [4.69, 9.17) is 0 Å². The summed E-state index contributed by atoms with van der Waals surface area (Å²) in [6.07, 6.45) is 0. The third-order valence-corrected chi connectivity index (χ3v) is 0.348. The second-order valence-electron chi connectivity index (χ2n) is 2.30. The second-order valence-corrected chi connectivity index (χ2v) is 2.30. The molecular formula is C5H9AcO2.